The lowest BCUT2D eigenvalue weighted by molar-refractivity contribution is -0.0435. The number of rotatable bonds is 9. The van der Waals surface area contributed by atoms with Crippen LogP contribution in [0.4, 0.5) is 5.95 Å². The predicted octanol–water partition coefficient (Wildman–Crippen LogP) is -2.07. The number of imidazole rings is 2. The molecule has 0 aliphatic carbocycles. The first-order valence-corrected chi connectivity index (χ1v) is 15.0. The Morgan fingerprint density at radius 3 is 2.42 bits per heavy atom. The summed E-state index contributed by atoms with van der Waals surface area (Å²) in [6.45, 7) is 0.790. The summed E-state index contributed by atoms with van der Waals surface area (Å²) in [6, 6.07) is 0. The molecule has 0 radical (unpaired) electrons. The second-order valence-electron chi connectivity index (χ2n) is 10.2. The summed E-state index contributed by atoms with van der Waals surface area (Å²) in [4.78, 5) is 46.2. The summed E-state index contributed by atoms with van der Waals surface area (Å²) < 4.78 is 33.1. The Morgan fingerprint density at radius 2 is 1.70 bits per heavy atom. The van der Waals surface area contributed by atoms with E-state index in [0.29, 0.717) is 23.3 Å². The molecule has 2 aliphatic rings. The van der Waals surface area contributed by atoms with Crippen LogP contribution in [0.3, 0.4) is 0 Å². The molecule has 20 heteroatoms. The molecule has 0 spiro atoms. The minimum Gasteiger partial charge on any atom is -0.394 e. The number of hydrogen-bond donors (Lipinski definition) is 7. The van der Waals surface area contributed by atoms with E-state index in [1.807, 2.05) is 6.92 Å². The molecule has 0 bridgehead atoms. The zero-order valence-corrected chi connectivity index (χ0v) is 23.5. The monoisotopic (exact) mass is 623 g/mol. The van der Waals surface area contributed by atoms with Crippen molar-refractivity contribution in [3.63, 3.8) is 0 Å². The van der Waals surface area contributed by atoms with Gasteiger partial charge in [-0.2, -0.15) is 4.98 Å². The van der Waals surface area contributed by atoms with Gasteiger partial charge >= 0.3 is 7.60 Å². The first-order valence-electron chi connectivity index (χ1n) is 13.4. The Hall–Kier alpha value is -3.39. The maximum atomic E-state index is 13.5. The molecule has 1 unspecified atom stereocenters. The number of hydrogen-bond acceptors (Lipinski definition) is 15. The van der Waals surface area contributed by atoms with Gasteiger partial charge in [0, 0.05) is 6.42 Å². The minimum absolute atomic E-state index is 0.0760. The number of nitrogen functional groups attached to an aromatic ring is 1. The van der Waals surface area contributed by atoms with Crippen LogP contribution in [0.25, 0.3) is 22.3 Å². The SMILES string of the molecule is CCc1ncnc2c1ncn2[C@@H]1O[C@H](CCOP(=O)(O)[C@@H]2[C@H](O)[C@@H](CO)O[C@H]2n2cnc3c(=O)[nH]c(N)nc32)[C@@H](O)[C@H]1O. The highest BCUT2D eigenvalue weighted by atomic mass is 31.2. The van der Waals surface area contributed by atoms with Crippen molar-refractivity contribution in [3.05, 3.63) is 35.0 Å². The fourth-order valence-electron chi connectivity index (χ4n) is 5.52. The van der Waals surface area contributed by atoms with E-state index in [1.54, 1.807) is 0 Å². The lowest BCUT2D eigenvalue weighted by atomic mass is 10.1. The number of aliphatic hydroxyl groups excluding tert-OH is 4. The normalized spacial score (nSPS) is 30.8. The lowest BCUT2D eigenvalue weighted by Crippen LogP contribution is -2.34. The molecule has 2 saturated heterocycles. The molecule has 0 saturated carbocycles. The molecule has 232 valence electrons. The number of anilines is 1. The highest BCUT2D eigenvalue weighted by Gasteiger charge is 2.55. The van der Waals surface area contributed by atoms with Gasteiger partial charge in [0.2, 0.25) is 5.95 Å². The first-order chi connectivity index (χ1) is 20.6. The quantitative estimate of drug-likeness (QED) is 0.0986. The van der Waals surface area contributed by atoms with Gasteiger partial charge in [-0.1, -0.05) is 6.92 Å². The second kappa shape index (κ2) is 11.3. The number of fused-ring (bicyclic) bond motifs is 2. The third kappa shape index (κ3) is 5.01. The molecule has 0 aromatic carbocycles. The number of aromatic amines is 1. The molecule has 9 atom stereocenters. The molecule has 4 aromatic heterocycles. The largest absolute Gasteiger partial charge is 0.394 e. The predicted molar refractivity (Wildman–Crippen MR) is 144 cm³/mol. The van der Waals surface area contributed by atoms with Crippen LogP contribution in [0, 0.1) is 0 Å². The molecule has 4 aromatic rings. The van der Waals surface area contributed by atoms with Crippen molar-refractivity contribution >= 4 is 35.9 Å². The summed E-state index contributed by atoms with van der Waals surface area (Å²) in [6.07, 6.45) is -4.76. The van der Waals surface area contributed by atoms with Crippen molar-refractivity contribution in [1.29, 1.82) is 0 Å². The number of nitrogens with one attached hydrogen (secondary N) is 1. The van der Waals surface area contributed by atoms with Crippen molar-refractivity contribution in [3.8, 4) is 0 Å². The van der Waals surface area contributed by atoms with Crippen molar-refractivity contribution in [2.24, 2.45) is 0 Å². The standard InChI is InChI=1S/C23H30N9O10P/c1-2-9-12-18(26-6-25-9)31(7-27-12)21-16(36)14(34)10(41-21)3-4-40-43(38,39)17-15(35)11(5-33)42-22(17)32-8-28-13-19(32)29-23(24)30-20(13)37/h6-8,10-11,14-17,21-22,33-36H,2-5H2,1H3,(H,38,39)(H3,24,29,30,37)/t10-,11-,14-,15-,16-,17-,21-,22-/m1/s1. The summed E-state index contributed by atoms with van der Waals surface area (Å²) in [5, 5.41) is 42.0. The van der Waals surface area contributed by atoms with Crippen LogP contribution in [0.5, 0.6) is 0 Å². The topological polar surface area (TPSA) is 279 Å². The maximum Gasteiger partial charge on any atom is 0.338 e. The van der Waals surface area contributed by atoms with Crippen LogP contribution in [-0.4, -0.2) is 114 Å². The van der Waals surface area contributed by atoms with Crippen LogP contribution >= 0.6 is 7.60 Å². The average molecular weight is 624 g/mol. The van der Waals surface area contributed by atoms with Crippen LogP contribution in [0.1, 0.15) is 31.5 Å². The number of ether oxygens (including phenoxy) is 2. The summed E-state index contributed by atoms with van der Waals surface area (Å²) in [5.74, 6) is -0.242. The van der Waals surface area contributed by atoms with Crippen molar-refractivity contribution in [2.75, 3.05) is 18.9 Å². The molecule has 6 rings (SSSR count). The van der Waals surface area contributed by atoms with Crippen LogP contribution in [-0.2, 0) is 25.0 Å². The van der Waals surface area contributed by atoms with E-state index in [4.69, 9.17) is 19.7 Å². The second-order valence-corrected chi connectivity index (χ2v) is 12.2. The van der Waals surface area contributed by atoms with E-state index in [-0.39, 0.29) is 23.5 Å². The summed E-state index contributed by atoms with van der Waals surface area (Å²) in [7, 11) is -4.75. The summed E-state index contributed by atoms with van der Waals surface area (Å²) in [5.41, 5.74) is 4.80. The molecule has 0 amide bonds. The van der Waals surface area contributed by atoms with Gasteiger partial charge < -0.3 is 45.1 Å². The molecule has 6 heterocycles. The van der Waals surface area contributed by atoms with E-state index in [9.17, 15) is 34.7 Å². The number of nitrogens with zero attached hydrogens (tertiary/aromatic N) is 7. The van der Waals surface area contributed by atoms with Crippen molar-refractivity contribution in [2.45, 2.75) is 68.4 Å². The zero-order valence-electron chi connectivity index (χ0n) is 22.6. The first kappa shape index (κ1) is 29.7. The Morgan fingerprint density at radius 1 is 1.00 bits per heavy atom. The highest BCUT2D eigenvalue weighted by Crippen LogP contribution is 2.57. The van der Waals surface area contributed by atoms with Gasteiger partial charge in [0.05, 0.1) is 37.7 Å². The van der Waals surface area contributed by atoms with Crippen LogP contribution in [0.15, 0.2) is 23.8 Å². The minimum atomic E-state index is -4.75. The smallest absolute Gasteiger partial charge is 0.338 e. The Bertz CT molecular complexity index is 1750. The molecular formula is C23H30N9O10P. The summed E-state index contributed by atoms with van der Waals surface area (Å²) >= 11 is 0. The molecule has 2 aliphatic heterocycles. The third-order valence-corrected chi connectivity index (χ3v) is 9.54. The number of nitrogens with two attached hydrogens (primary N) is 1. The van der Waals surface area contributed by atoms with Gasteiger partial charge in [0.25, 0.3) is 5.56 Å². The van der Waals surface area contributed by atoms with E-state index in [1.165, 1.54) is 17.2 Å². The fraction of sp³-hybridized carbons (Fsp3) is 0.565. The Kier molecular flexibility index (Phi) is 7.78. The van der Waals surface area contributed by atoms with E-state index in [2.05, 4.69) is 29.9 Å². The van der Waals surface area contributed by atoms with Gasteiger partial charge in [-0.15, -0.1) is 0 Å². The van der Waals surface area contributed by atoms with E-state index in [0.717, 1.165) is 10.9 Å². The van der Waals surface area contributed by atoms with Crippen molar-refractivity contribution in [1.82, 2.24) is 39.0 Å². The van der Waals surface area contributed by atoms with Gasteiger partial charge in [-0.05, 0) is 6.42 Å². The van der Waals surface area contributed by atoms with Gasteiger partial charge in [-0.25, -0.2) is 19.9 Å². The third-order valence-electron chi connectivity index (χ3n) is 7.68. The Labute approximate surface area is 241 Å². The number of H-pyrrole nitrogens is 1. The van der Waals surface area contributed by atoms with Gasteiger partial charge in [0.15, 0.2) is 29.3 Å². The highest BCUT2D eigenvalue weighted by molar-refractivity contribution is 7.53. The van der Waals surface area contributed by atoms with Crippen molar-refractivity contribution < 1.29 is 43.9 Å². The fourth-order valence-corrected chi connectivity index (χ4v) is 7.18. The molecule has 19 nitrogen and oxygen atoms in total. The maximum absolute atomic E-state index is 13.5. The number of aliphatic hydroxyl groups is 4. The van der Waals surface area contributed by atoms with Gasteiger partial charge in [0.1, 0.15) is 41.9 Å². The average Bonchev–Trinajstić information content (AvgIpc) is 3.73. The molecule has 8 N–H and O–H groups in total. The molecule has 43 heavy (non-hydrogen) atoms. The van der Waals surface area contributed by atoms with E-state index < -0.39 is 75.0 Å². The zero-order chi connectivity index (χ0) is 30.6. The number of aryl methyl sites for hydroxylation is 1. The molecule has 2 fully saturated rings. The Balaban J connectivity index is 1.18. The molecular weight excluding hydrogens is 593 g/mol. The number of aromatic nitrogens is 8. The van der Waals surface area contributed by atoms with Crippen LogP contribution in [0.2, 0.25) is 0 Å². The lowest BCUT2D eigenvalue weighted by Gasteiger charge is -2.26. The van der Waals surface area contributed by atoms with Crippen LogP contribution < -0.4 is 11.3 Å². The van der Waals surface area contributed by atoms with Gasteiger partial charge in [-0.3, -0.25) is 23.5 Å². The van der Waals surface area contributed by atoms with E-state index >= 15 is 0 Å².